The van der Waals surface area contributed by atoms with E-state index < -0.39 is 0 Å². The number of hydrogen-bond acceptors (Lipinski definition) is 4. The van der Waals surface area contributed by atoms with Crippen LogP contribution in [0.25, 0.3) is 11.0 Å². The molecule has 2 aromatic heterocycles. The van der Waals surface area contributed by atoms with Crippen molar-refractivity contribution < 1.29 is 4.79 Å². The zero-order chi connectivity index (χ0) is 21.1. The molecule has 154 valence electrons. The zero-order valence-electron chi connectivity index (χ0n) is 17.7. The third kappa shape index (κ3) is 4.72. The van der Waals surface area contributed by atoms with Crippen LogP contribution in [0.3, 0.4) is 0 Å². The number of nitrogens with zero attached hydrogens (tertiary/aromatic N) is 3. The number of carbonyl (C=O) groups excluding carboxylic acids is 1. The van der Waals surface area contributed by atoms with Crippen molar-refractivity contribution in [3.05, 3.63) is 57.5 Å². The first-order valence-corrected chi connectivity index (χ1v) is 11.0. The van der Waals surface area contributed by atoms with Crippen molar-refractivity contribution in [3.8, 4) is 0 Å². The number of amides is 1. The summed E-state index contributed by atoms with van der Waals surface area (Å²) in [6, 6.07) is 9.92. The van der Waals surface area contributed by atoms with Gasteiger partial charge in [0.25, 0.3) is 5.56 Å². The second kappa shape index (κ2) is 8.86. The summed E-state index contributed by atoms with van der Waals surface area (Å²) in [5.74, 6) is 0.191. The van der Waals surface area contributed by atoms with Gasteiger partial charge in [0.15, 0.2) is 5.16 Å². The van der Waals surface area contributed by atoms with Gasteiger partial charge in [-0.3, -0.25) is 14.2 Å². The van der Waals surface area contributed by atoms with Gasteiger partial charge in [-0.2, -0.15) is 0 Å². The maximum Gasteiger partial charge on any atom is 0.278 e. The van der Waals surface area contributed by atoms with Crippen molar-refractivity contribution in [2.24, 2.45) is 5.92 Å². The number of carbonyl (C=O) groups is 1. The minimum absolute atomic E-state index is 0.0902. The molecule has 3 aromatic rings. The summed E-state index contributed by atoms with van der Waals surface area (Å²) in [6.07, 6.45) is 1.92. The minimum Gasteiger partial charge on any atom is -0.350 e. The molecule has 7 heteroatoms. The van der Waals surface area contributed by atoms with Gasteiger partial charge in [-0.1, -0.05) is 55.4 Å². The smallest absolute Gasteiger partial charge is 0.278 e. The van der Waals surface area contributed by atoms with Crippen LogP contribution in [0.1, 0.15) is 30.7 Å². The van der Waals surface area contributed by atoms with E-state index in [1.165, 1.54) is 11.8 Å². The molecule has 0 unspecified atom stereocenters. The van der Waals surface area contributed by atoms with Crippen LogP contribution >= 0.6 is 11.8 Å². The zero-order valence-corrected chi connectivity index (χ0v) is 18.5. The highest BCUT2D eigenvalue weighted by molar-refractivity contribution is 7.98. The Morgan fingerprint density at radius 1 is 1.21 bits per heavy atom. The van der Waals surface area contributed by atoms with Crippen molar-refractivity contribution in [1.82, 2.24) is 19.4 Å². The molecule has 0 fully saturated rings. The number of rotatable bonds is 7. The Labute approximate surface area is 175 Å². The van der Waals surface area contributed by atoms with Crippen LogP contribution in [0.15, 0.2) is 40.3 Å². The molecule has 0 aliphatic rings. The Morgan fingerprint density at radius 3 is 2.62 bits per heavy atom. The maximum atomic E-state index is 13.2. The number of aromatic nitrogens is 3. The Hall–Kier alpha value is -2.54. The number of fused-ring (bicyclic) bond motifs is 1. The van der Waals surface area contributed by atoms with Crippen LogP contribution in [0.5, 0.6) is 0 Å². The fraction of sp³-hybridized carbons (Fsp3) is 0.409. The lowest BCUT2D eigenvalue weighted by molar-refractivity contribution is -0.121. The average Bonchev–Trinajstić information content (AvgIpc) is 2.97. The van der Waals surface area contributed by atoms with Gasteiger partial charge in [0.1, 0.15) is 12.1 Å². The molecule has 2 heterocycles. The summed E-state index contributed by atoms with van der Waals surface area (Å²) in [5, 5.41) is 3.66. The van der Waals surface area contributed by atoms with Gasteiger partial charge >= 0.3 is 0 Å². The van der Waals surface area contributed by atoms with Gasteiger partial charge < -0.3 is 9.88 Å². The topological polar surface area (TPSA) is 68.9 Å². The molecule has 0 atom stereocenters. The quantitative estimate of drug-likeness (QED) is 0.476. The van der Waals surface area contributed by atoms with E-state index in [9.17, 15) is 9.59 Å². The number of aryl methyl sites for hydroxylation is 2. The highest BCUT2D eigenvalue weighted by Crippen LogP contribution is 2.20. The first kappa shape index (κ1) is 21.2. The summed E-state index contributed by atoms with van der Waals surface area (Å²) in [5.41, 5.74) is 4.11. The molecule has 0 aliphatic heterocycles. The SMILES string of the molecule is CSc1nc2cc(C)n(CC(=O)NCc3cccc(C)c3)c2c(=O)n1CC(C)C. The highest BCUT2D eigenvalue weighted by Gasteiger charge is 2.18. The van der Waals surface area contributed by atoms with Crippen LogP contribution < -0.4 is 10.9 Å². The molecule has 0 saturated carbocycles. The standard InChI is InChI=1S/C22H28N4O2S/c1-14(2)12-26-21(28)20-18(24-22(26)29-5)10-16(4)25(20)13-19(27)23-11-17-8-6-7-15(3)9-17/h6-10,14H,11-13H2,1-5H3,(H,23,27). The van der Waals surface area contributed by atoms with E-state index in [4.69, 9.17) is 0 Å². The van der Waals surface area contributed by atoms with Crippen molar-refractivity contribution in [2.45, 2.75) is 52.5 Å². The fourth-order valence-corrected chi connectivity index (χ4v) is 4.02. The second-order valence-corrected chi connectivity index (χ2v) is 8.55. The molecule has 0 radical (unpaired) electrons. The van der Waals surface area contributed by atoms with Gasteiger partial charge in [-0.25, -0.2) is 4.98 Å². The largest absolute Gasteiger partial charge is 0.350 e. The van der Waals surface area contributed by atoms with Crippen molar-refractivity contribution in [1.29, 1.82) is 0 Å². The number of thioether (sulfide) groups is 1. The number of nitrogens with one attached hydrogen (secondary N) is 1. The number of hydrogen-bond donors (Lipinski definition) is 1. The molecule has 0 saturated heterocycles. The summed E-state index contributed by atoms with van der Waals surface area (Å²) >= 11 is 1.47. The monoisotopic (exact) mass is 412 g/mol. The van der Waals surface area contributed by atoms with Gasteiger partial charge in [0, 0.05) is 18.8 Å². The van der Waals surface area contributed by atoms with Crippen molar-refractivity contribution >= 4 is 28.7 Å². The third-order valence-corrected chi connectivity index (χ3v) is 5.46. The first-order chi connectivity index (χ1) is 13.8. The van der Waals surface area contributed by atoms with Crippen LogP contribution in [0.2, 0.25) is 0 Å². The van der Waals surface area contributed by atoms with Gasteiger partial charge in [-0.05, 0) is 37.7 Å². The Morgan fingerprint density at radius 2 is 1.97 bits per heavy atom. The van der Waals surface area contributed by atoms with E-state index in [1.807, 2.05) is 44.4 Å². The van der Waals surface area contributed by atoms with Crippen LogP contribution in [-0.4, -0.2) is 26.3 Å². The Bertz CT molecular complexity index is 1100. The van der Waals surface area contributed by atoms with E-state index in [0.29, 0.717) is 35.2 Å². The van der Waals surface area contributed by atoms with E-state index >= 15 is 0 Å². The van der Waals surface area contributed by atoms with Crippen LogP contribution in [0.4, 0.5) is 0 Å². The number of benzene rings is 1. The van der Waals surface area contributed by atoms with Gasteiger partial charge in [0.2, 0.25) is 5.91 Å². The van der Waals surface area contributed by atoms with E-state index in [2.05, 4.69) is 30.2 Å². The van der Waals surface area contributed by atoms with Crippen LogP contribution in [0, 0.1) is 19.8 Å². The third-order valence-electron chi connectivity index (χ3n) is 4.78. The van der Waals surface area contributed by atoms with E-state index in [-0.39, 0.29) is 18.0 Å². The second-order valence-electron chi connectivity index (χ2n) is 7.78. The summed E-state index contributed by atoms with van der Waals surface area (Å²) in [6.45, 7) is 9.23. The lowest BCUT2D eigenvalue weighted by Crippen LogP contribution is -2.30. The van der Waals surface area contributed by atoms with Crippen molar-refractivity contribution in [3.63, 3.8) is 0 Å². The predicted molar refractivity (Wildman–Crippen MR) is 118 cm³/mol. The van der Waals surface area contributed by atoms with Gasteiger partial charge in [0.05, 0.1) is 5.52 Å². The molecule has 3 rings (SSSR count). The van der Waals surface area contributed by atoms with E-state index in [0.717, 1.165) is 16.8 Å². The highest BCUT2D eigenvalue weighted by atomic mass is 32.2. The fourth-order valence-electron chi connectivity index (χ4n) is 3.46. The molecule has 1 amide bonds. The lowest BCUT2D eigenvalue weighted by Gasteiger charge is -2.14. The van der Waals surface area contributed by atoms with E-state index in [1.54, 1.807) is 9.13 Å². The predicted octanol–water partition coefficient (Wildman–Crippen LogP) is 3.51. The molecule has 29 heavy (non-hydrogen) atoms. The summed E-state index contributed by atoms with van der Waals surface area (Å²) in [4.78, 5) is 30.5. The molecular weight excluding hydrogens is 384 g/mol. The first-order valence-electron chi connectivity index (χ1n) is 9.77. The summed E-state index contributed by atoms with van der Waals surface area (Å²) in [7, 11) is 0. The summed E-state index contributed by atoms with van der Waals surface area (Å²) < 4.78 is 3.50. The lowest BCUT2D eigenvalue weighted by atomic mass is 10.1. The van der Waals surface area contributed by atoms with Crippen LogP contribution in [-0.2, 0) is 24.4 Å². The molecule has 1 aromatic carbocycles. The molecule has 0 aliphatic carbocycles. The molecule has 1 N–H and O–H groups in total. The average molecular weight is 413 g/mol. The van der Waals surface area contributed by atoms with Crippen molar-refractivity contribution in [2.75, 3.05) is 6.26 Å². The Kier molecular flexibility index (Phi) is 6.47. The van der Waals surface area contributed by atoms with Gasteiger partial charge in [-0.15, -0.1) is 0 Å². The minimum atomic E-state index is -0.129. The molecule has 0 bridgehead atoms. The molecule has 0 spiro atoms. The maximum absolute atomic E-state index is 13.2. The Balaban J connectivity index is 1.89. The molecular formula is C22H28N4O2S. The molecule has 6 nitrogen and oxygen atoms in total. The normalized spacial score (nSPS) is 11.4.